The lowest BCUT2D eigenvalue weighted by Crippen LogP contribution is -1.87. The molecule has 0 fully saturated rings. The van der Waals surface area contributed by atoms with Crippen LogP contribution < -0.4 is 0 Å². The summed E-state index contributed by atoms with van der Waals surface area (Å²) in [5.74, 6) is 2.37. The first kappa shape index (κ1) is 6.36. The molecule has 0 saturated heterocycles. The molecule has 1 nitrogen and oxygen atoms in total. The van der Waals surface area contributed by atoms with Gasteiger partial charge in [0.2, 0.25) is 0 Å². The summed E-state index contributed by atoms with van der Waals surface area (Å²) in [6.45, 7) is 1.78. The smallest absolute Gasteiger partial charge is 0.117 e. The van der Waals surface area contributed by atoms with Gasteiger partial charge in [-0.2, -0.15) is 0 Å². The van der Waals surface area contributed by atoms with Gasteiger partial charge in [-0.3, -0.25) is 0 Å². The highest BCUT2D eigenvalue weighted by atomic mass is 32.1. The Balaban J connectivity index is 3.64. The molecule has 0 aromatic carbocycles. The van der Waals surface area contributed by atoms with Crippen molar-refractivity contribution in [3.05, 3.63) is 0 Å². The van der Waals surface area contributed by atoms with E-state index >= 15 is 0 Å². The van der Waals surface area contributed by atoms with Crippen LogP contribution in [0.25, 0.3) is 0 Å². The van der Waals surface area contributed by atoms with E-state index in [1.54, 1.807) is 6.92 Å². The summed E-state index contributed by atoms with van der Waals surface area (Å²) < 4.78 is 0. The monoisotopic (exact) mass is 111 g/mol. The first-order chi connectivity index (χ1) is 3.31. The Morgan fingerprint density at radius 1 is 1.86 bits per heavy atom. The molecule has 0 heterocycles. The first-order valence-electron chi connectivity index (χ1n) is 1.84. The molecule has 36 valence electrons. The van der Waals surface area contributed by atoms with Gasteiger partial charge in [0.05, 0.1) is 5.16 Å². The van der Waals surface area contributed by atoms with Crippen molar-refractivity contribution in [3.63, 3.8) is 0 Å². The van der Waals surface area contributed by atoms with Gasteiger partial charge in [0.15, 0.2) is 0 Å². The van der Waals surface area contributed by atoms with E-state index in [2.05, 4.69) is 28.3 Å². The average Bonchev–Trinajstić information content (AvgIpc) is 1.68. The number of rotatable bonds is 1. The van der Waals surface area contributed by atoms with Gasteiger partial charge in [-0.1, -0.05) is 5.92 Å². The summed E-state index contributed by atoms with van der Waals surface area (Å²) in [6, 6.07) is -0.113. The second-order valence-electron chi connectivity index (χ2n) is 1.06. The van der Waals surface area contributed by atoms with E-state index in [-0.39, 0.29) is 6.04 Å². The van der Waals surface area contributed by atoms with Crippen molar-refractivity contribution in [1.29, 1.82) is 0 Å². The molecular formula is C5H5NS. The number of terminal acetylenes is 1. The van der Waals surface area contributed by atoms with E-state index in [1.807, 2.05) is 0 Å². The molecule has 7 heavy (non-hydrogen) atoms. The highest BCUT2D eigenvalue weighted by Crippen LogP contribution is 1.79. The van der Waals surface area contributed by atoms with E-state index in [4.69, 9.17) is 6.42 Å². The number of isothiocyanates is 1. The fraction of sp³-hybridized carbons (Fsp3) is 0.400. The predicted molar refractivity (Wildman–Crippen MR) is 33.3 cm³/mol. The van der Waals surface area contributed by atoms with Gasteiger partial charge in [-0.05, 0) is 19.1 Å². The van der Waals surface area contributed by atoms with Crippen molar-refractivity contribution in [3.8, 4) is 12.3 Å². The van der Waals surface area contributed by atoms with E-state index in [0.717, 1.165) is 0 Å². The van der Waals surface area contributed by atoms with E-state index in [1.165, 1.54) is 0 Å². The van der Waals surface area contributed by atoms with Crippen LogP contribution in [-0.4, -0.2) is 11.2 Å². The van der Waals surface area contributed by atoms with Gasteiger partial charge in [0.25, 0.3) is 0 Å². The minimum atomic E-state index is -0.113. The van der Waals surface area contributed by atoms with Gasteiger partial charge in [-0.15, -0.1) is 6.42 Å². The zero-order chi connectivity index (χ0) is 5.70. The zero-order valence-corrected chi connectivity index (χ0v) is 4.83. The Labute approximate surface area is 48.5 Å². The summed E-state index contributed by atoms with van der Waals surface area (Å²) in [5.41, 5.74) is 0. The van der Waals surface area contributed by atoms with Crippen molar-refractivity contribution in [2.75, 3.05) is 0 Å². The highest BCUT2D eigenvalue weighted by molar-refractivity contribution is 7.78. The Kier molecular flexibility index (Phi) is 3.22. The molecule has 0 rings (SSSR count). The molecule has 1 atom stereocenters. The minimum Gasteiger partial charge on any atom is -0.216 e. The third-order valence-corrected chi connectivity index (χ3v) is 0.593. The molecule has 0 aliphatic rings. The van der Waals surface area contributed by atoms with Crippen LogP contribution in [0.2, 0.25) is 0 Å². The highest BCUT2D eigenvalue weighted by Gasteiger charge is 1.82. The number of hydrogen-bond donors (Lipinski definition) is 0. The Bertz CT molecular complexity index is 128. The second kappa shape index (κ2) is 3.55. The van der Waals surface area contributed by atoms with Gasteiger partial charge in [0.1, 0.15) is 6.04 Å². The molecule has 0 bridgehead atoms. The van der Waals surface area contributed by atoms with Crippen LogP contribution in [0.15, 0.2) is 4.99 Å². The third-order valence-electron chi connectivity index (χ3n) is 0.488. The first-order valence-corrected chi connectivity index (χ1v) is 2.25. The number of hydrogen-bond acceptors (Lipinski definition) is 2. The zero-order valence-electron chi connectivity index (χ0n) is 4.01. The average molecular weight is 111 g/mol. The van der Waals surface area contributed by atoms with Crippen LogP contribution in [0.1, 0.15) is 6.92 Å². The minimum absolute atomic E-state index is 0.113. The fourth-order valence-corrected chi connectivity index (χ4v) is 0.274. The molecule has 2 heteroatoms. The quantitative estimate of drug-likeness (QED) is 0.280. The lowest BCUT2D eigenvalue weighted by molar-refractivity contribution is 0.971. The van der Waals surface area contributed by atoms with Crippen LogP contribution in [0.4, 0.5) is 0 Å². The van der Waals surface area contributed by atoms with E-state index < -0.39 is 0 Å². The molecular weight excluding hydrogens is 106 g/mol. The predicted octanol–water partition coefficient (Wildman–Crippen LogP) is 1.11. The number of aliphatic imine (C=N–C) groups is 1. The lowest BCUT2D eigenvalue weighted by atomic mass is 10.4. The summed E-state index contributed by atoms with van der Waals surface area (Å²) in [6.07, 6.45) is 4.93. The lowest BCUT2D eigenvalue weighted by Gasteiger charge is -1.84. The van der Waals surface area contributed by atoms with Gasteiger partial charge in [0, 0.05) is 0 Å². The molecule has 0 aliphatic carbocycles. The van der Waals surface area contributed by atoms with Crippen molar-refractivity contribution in [2.45, 2.75) is 13.0 Å². The molecule has 0 amide bonds. The summed E-state index contributed by atoms with van der Waals surface area (Å²) in [5, 5.41) is 2.18. The fourth-order valence-electron chi connectivity index (χ4n) is 0.116. The molecule has 0 N–H and O–H groups in total. The number of thiocarbonyl (C=S) groups is 1. The molecule has 1 unspecified atom stereocenters. The van der Waals surface area contributed by atoms with Crippen molar-refractivity contribution in [1.82, 2.24) is 0 Å². The number of nitrogens with zero attached hydrogens (tertiary/aromatic N) is 1. The molecule has 0 aromatic rings. The van der Waals surface area contributed by atoms with Crippen molar-refractivity contribution >= 4 is 17.4 Å². The SMILES string of the molecule is C#CC(C)N=C=S. The normalized spacial score (nSPS) is 10.9. The summed E-state index contributed by atoms with van der Waals surface area (Å²) in [7, 11) is 0. The summed E-state index contributed by atoms with van der Waals surface area (Å²) in [4.78, 5) is 3.57. The molecule has 0 aliphatic heterocycles. The Hall–Kier alpha value is -0.640. The Morgan fingerprint density at radius 2 is 2.43 bits per heavy atom. The topological polar surface area (TPSA) is 12.4 Å². The van der Waals surface area contributed by atoms with Crippen molar-refractivity contribution < 1.29 is 0 Å². The maximum Gasteiger partial charge on any atom is 0.117 e. The summed E-state index contributed by atoms with van der Waals surface area (Å²) >= 11 is 4.28. The van der Waals surface area contributed by atoms with Crippen LogP contribution >= 0.6 is 12.2 Å². The maximum absolute atomic E-state index is 4.93. The van der Waals surface area contributed by atoms with Crippen LogP contribution in [0.3, 0.4) is 0 Å². The van der Waals surface area contributed by atoms with E-state index in [9.17, 15) is 0 Å². The third kappa shape index (κ3) is 3.18. The van der Waals surface area contributed by atoms with Gasteiger partial charge < -0.3 is 0 Å². The van der Waals surface area contributed by atoms with Crippen LogP contribution in [0, 0.1) is 12.3 Å². The van der Waals surface area contributed by atoms with E-state index in [0.29, 0.717) is 0 Å². The van der Waals surface area contributed by atoms with Gasteiger partial charge >= 0.3 is 0 Å². The van der Waals surface area contributed by atoms with Crippen LogP contribution in [-0.2, 0) is 0 Å². The van der Waals surface area contributed by atoms with Gasteiger partial charge in [-0.25, -0.2) is 4.99 Å². The molecule has 0 spiro atoms. The van der Waals surface area contributed by atoms with Crippen molar-refractivity contribution in [2.24, 2.45) is 4.99 Å². The maximum atomic E-state index is 4.93. The second-order valence-corrected chi connectivity index (χ2v) is 1.25. The molecule has 0 radical (unpaired) electrons. The standard InChI is InChI=1S/C5H5NS/c1-3-5(2)6-4-7/h1,5H,2H3. The molecule has 0 saturated carbocycles. The molecule has 0 aromatic heterocycles. The largest absolute Gasteiger partial charge is 0.216 e. The van der Waals surface area contributed by atoms with Crippen LogP contribution in [0.5, 0.6) is 0 Å². The Morgan fingerprint density at radius 3 is 2.57 bits per heavy atom.